The highest BCUT2D eigenvalue weighted by Crippen LogP contribution is 2.35. The summed E-state index contributed by atoms with van der Waals surface area (Å²) >= 11 is 3.68. The van der Waals surface area contributed by atoms with Gasteiger partial charge in [-0.3, -0.25) is 4.79 Å². The van der Waals surface area contributed by atoms with Crippen LogP contribution in [0.4, 0.5) is 0 Å². The molecular weight excluding hydrogens is 176 g/mol. The average Bonchev–Trinajstić information content (AvgIpc) is 2.05. The fraction of sp³-hybridized carbons (Fsp3) is 0.625. The van der Waals surface area contributed by atoms with Crippen LogP contribution in [0.1, 0.15) is 13.3 Å². The van der Waals surface area contributed by atoms with Crippen LogP contribution in [0.25, 0.3) is 0 Å². The molecule has 1 saturated heterocycles. The first-order valence-electron chi connectivity index (χ1n) is 3.65. The van der Waals surface area contributed by atoms with Crippen LogP contribution in [-0.2, 0) is 4.79 Å². The molecule has 0 radical (unpaired) electrons. The Kier molecular flexibility index (Phi) is 3.52. The van der Waals surface area contributed by atoms with Gasteiger partial charge in [0.15, 0.2) is 5.78 Å². The van der Waals surface area contributed by atoms with Crippen molar-refractivity contribution in [1.29, 1.82) is 0 Å². The Balaban J connectivity index is 2.45. The Labute approximate surface area is 76.0 Å². The largest absolute Gasteiger partial charge is 0.295 e. The fourth-order valence-electron chi connectivity index (χ4n) is 0.855. The number of carbonyl (C=O) groups excluding carboxylic acids is 1. The monoisotopic (exact) mass is 188 g/mol. The molecule has 1 nitrogen and oxygen atoms in total. The van der Waals surface area contributed by atoms with Crippen molar-refractivity contribution < 1.29 is 4.79 Å². The van der Waals surface area contributed by atoms with Crippen molar-refractivity contribution in [2.75, 3.05) is 11.5 Å². The summed E-state index contributed by atoms with van der Waals surface area (Å²) in [6.45, 7) is 5.38. The van der Waals surface area contributed by atoms with E-state index in [0.717, 1.165) is 5.57 Å². The molecule has 3 heteroatoms. The summed E-state index contributed by atoms with van der Waals surface area (Å²) in [5.41, 5.74) is 0.778. The fourth-order valence-corrected chi connectivity index (χ4v) is 3.78. The zero-order valence-electron chi connectivity index (χ0n) is 6.63. The lowest BCUT2D eigenvalue weighted by Gasteiger charge is -2.21. The minimum absolute atomic E-state index is 0.136. The van der Waals surface area contributed by atoms with Gasteiger partial charge in [0, 0.05) is 5.57 Å². The zero-order valence-corrected chi connectivity index (χ0v) is 8.26. The van der Waals surface area contributed by atoms with E-state index in [9.17, 15) is 4.79 Å². The summed E-state index contributed by atoms with van der Waals surface area (Å²) in [7, 11) is 0. The Hall–Kier alpha value is 0.110. The highest BCUT2D eigenvalue weighted by Gasteiger charge is 2.19. The Morgan fingerprint density at radius 1 is 1.45 bits per heavy atom. The average molecular weight is 188 g/mol. The highest BCUT2D eigenvalue weighted by molar-refractivity contribution is 8.17. The van der Waals surface area contributed by atoms with Crippen LogP contribution >= 0.6 is 23.5 Å². The molecule has 1 aliphatic heterocycles. The van der Waals surface area contributed by atoms with Crippen molar-refractivity contribution in [2.45, 2.75) is 17.9 Å². The normalized spacial score (nSPS) is 19.7. The van der Waals surface area contributed by atoms with Crippen LogP contribution in [0.5, 0.6) is 0 Å². The van der Waals surface area contributed by atoms with Gasteiger partial charge in [0.05, 0.1) is 4.58 Å². The summed E-state index contributed by atoms with van der Waals surface area (Å²) in [4.78, 5) is 10.9. The van der Waals surface area contributed by atoms with E-state index < -0.39 is 0 Å². The Morgan fingerprint density at radius 2 is 2.00 bits per heavy atom. The molecule has 0 saturated carbocycles. The molecule has 11 heavy (non-hydrogen) atoms. The maximum atomic E-state index is 10.9. The molecule has 0 aromatic rings. The van der Waals surface area contributed by atoms with Crippen molar-refractivity contribution in [1.82, 2.24) is 0 Å². The van der Waals surface area contributed by atoms with Gasteiger partial charge in [-0.25, -0.2) is 0 Å². The second-order valence-corrected chi connectivity index (χ2v) is 5.23. The van der Waals surface area contributed by atoms with E-state index >= 15 is 0 Å². The Bertz CT molecular complexity index is 171. The van der Waals surface area contributed by atoms with Crippen molar-refractivity contribution in [2.24, 2.45) is 0 Å². The van der Waals surface area contributed by atoms with Gasteiger partial charge < -0.3 is 0 Å². The van der Waals surface area contributed by atoms with E-state index in [1.54, 1.807) is 6.92 Å². The molecule has 1 aliphatic rings. The van der Waals surface area contributed by atoms with E-state index in [-0.39, 0.29) is 5.78 Å². The summed E-state index contributed by atoms with van der Waals surface area (Å²) in [5, 5.41) is 0. The third-order valence-electron chi connectivity index (χ3n) is 1.56. The Morgan fingerprint density at radius 3 is 2.45 bits per heavy atom. The molecule has 0 amide bonds. The van der Waals surface area contributed by atoms with E-state index in [1.807, 2.05) is 23.5 Å². The minimum Gasteiger partial charge on any atom is -0.295 e. The maximum absolute atomic E-state index is 10.9. The maximum Gasteiger partial charge on any atom is 0.157 e. The molecule has 0 aliphatic carbocycles. The molecule has 62 valence electrons. The van der Waals surface area contributed by atoms with Crippen molar-refractivity contribution in [3.63, 3.8) is 0 Å². The molecule has 0 aromatic carbocycles. The van der Waals surface area contributed by atoms with Gasteiger partial charge in [0.2, 0.25) is 0 Å². The van der Waals surface area contributed by atoms with Crippen LogP contribution < -0.4 is 0 Å². The molecule has 0 atom stereocenters. The van der Waals surface area contributed by atoms with Gasteiger partial charge in [-0.2, -0.15) is 0 Å². The van der Waals surface area contributed by atoms with Gasteiger partial charge in [0.25, 0.3) is 0 Å². The van der Waals surface area contributed by atoms with E-state index in [0.29, 0.717) is 4.58 Å². The number of carbonyl (C=O) groups is 1. The lowest BCUT2D eigenvalue weighted by Crippen LogP contribution is -2.13. The third kappa shape index (κ3) is 2.56. The topological polar surface area (TPSA) is 17.1 Å². The molecule has 1 heterocycles. The molecule has 1 rings (SSSR count). The number of hydrogen-bond acceptors (Lipinski definition) is 3. The first-order valence-corrected chi connectivity index (χ1v) is 5.74. The second-order valence-electron chi connectivity index (χ2n) is 2.51. The predicted molar refractivity (Wildman–Crippen MR) is 53.1 cm³/mol. The predicted octanol–water partition coefficient (Wildman–Crippen LogP) is 2.33. The standard InChI is InChI=1S/C8H12OS2/c1-6(7(2)9)8-10-4-3-5-11-8/h8H,1,3-5H2,2H3. The third-order valence-corrected chi connectivity index (χ3v) is 4.60. The van der Waals surface area contributed by atoms with Gasteiger partial charge in [-0.1, -0.05) is 6.58 Å². The van der Waals surface area contributed by atoms with Crippen LogP contribution in [-0.4, -0.2) is 21.9 Å². The SMILES string of the molecule is C=C(C(C)=O)C1SCCCS1. The van der Waals surface area contributed by atoms with E-state index in [1.165, 1.54) is 17.9 Å². The number of Topliss-reactive ketones (excluding diaryl/α,β-unsaturated/α-hetero) is 1. The minimum atomic E-state index is 0.136. The highest BCUT2D eigenvalue weighted by atomic mass is 32.2. The molecule has 0 bridgehead atoms. The smallest absolute Gasteiger partial charge is 0.157 e. The summed E-state index contributed by atoms with van der Waals surface area (Å²) in [5.74, 6) is 2.48. The summed E-state index contributed by atoms with van der Waals surface area (Å²) in [6.07, 6.45) is 1.26. The lowest BCUT2D eigenvalue weighted by atomic mass is 10.2. The second kappa shape index (κ2) is 4.21. The molecule has 1 fully saturated rings. The van der Waals surface area contributed by atoms with Crippen molar-refractivity contribution >= 4 is 29.3 Å². The van der Waals surface area contributed by atoms with Crippen LogP contribution in [0, 0.1) is 0 Å². The summed E-state index contributed by atoms with van der Waals surface area (Å²) in [6, 6.07) is 0. The molecular formula is C8H12OS2. The van der Waals surface area contributed by atoms with Crippen LogP contribution in [0.3, 0.4) is 0 Å². The van der Waals surface area contributed by atoms with Gasteiger partial charge in [0.1, 0.15) is 0 Å². The molecule has 0 aromatic heterocycles. The first-order chi connectivity index (χ1) is 5.22. The van der Waals surface area contributed by atoms with Crippen LogP contribution in [0.2, 0.25) is 0 Å². The van der Waals surface area contributed by atoms with Crippen molar-refractivity contribution in [3.8, 4) is 0 Å². The molecule has 0 N–H and O–H groups in total. The van der Waals surface area contributed by atoms with E-state index in [4.69, 9.17) is 0 Å². The molecule has 0 unspecified atom stereocenters. The first kappa shape index (κ1) is 9.20. The number of rotatable bonds is 2. The van der Waals surface area contributed by atoms with Gasteiger partial charge in [-0.15, -0.1) is 23.5 Å². The number of thioether (sulfide) groups is 2. The van der Waals surface area contributed by atoms with Crippen LogP contribution in [0.15, 0.2) is 12.2 Å². The van der Waals surface area contributed by atoms with Crippen molar-refractivity contribution in [3.05, 3.63) is 12.2 Å². The lowest BCUT2D eigenvalue weighted by molar-refractivity contribution is -0.113. The zero-order chi connectivity index (χ0) is 8.27. The van der Waals surface area contributed by atoms with E-state index in [2.05, 4.69) is 6.58 Å². The molecule has 0 spiro atoms. The summed E-state index contributed by atoms with van der Waals surface area (Å²) < 4.78 is 0.334. The van der Waals surface area contributed by atoms with Gasteiger partial charge in [-0.05, 0) is 24.9 Å². The number of hydrogen-bond donors (Lipinski definition) is 0. The number of ketones is 1. The van der Waals surface area contributed by atoms with Gasteiger partial charge >= 0.3 is 0 Å². The quantitative estimate of drug-likeness (QED) is 0.619.